The molecule has 0 fully saturated rings. The summed E-state index contributed by atoms with van der Waals surface area (Å²) < 4.78 is 1.69. The Morgan fingerprint density at radius 3 is 2.67 bits per heavy atom. The van der Waals surface area contributed by atoms with Gasteiger partial charge in [0.2, 0.25) is 0 Å². The number of urea groups is 1. The number of nitrogens with one attached hydrogen (secondary N) is 2. The fourth-order valence-electron chi connectivity index (χ4n) is 2.78. The third kappa shape index (κ3) is 5.39. The van der Waals surface area contributed by atoms with Gasteiger partial charge in [0.15, 0.2) is 5.82 Å². The molecule has 1 unspecified atom stereocenters. The summed E-state index contributed by atoms with van der Waals surface area (Å²) in [6, 6.07) is 15.3. The molecule has 2 amide bonds. The van der Waals surface area contributed by atoms with Crippen molar-refractivity contribution in [3.05, 3.63) is 78.2 Å². The molecule has 0 aliphatic heterocycles. The lowest BCUT2D eigenvalue weighted by atomic mass is 10.1. The zero-order chi connectivity index (χ0) is 19.1. The van der Waals surface area contributed by atoms with E-state index >= 15 is 0 Å². The van der Waals surface area contributed by atoms with E-state index in [0.29, 0.717) is 6.54 Å². The van der Waals surface area contributed by atoms with Crippen molar-refractivity contribution in [1.82, 2.24) is 30.3 Å². The van der Waals surface area contributed by atoms with E-state index in [-0.39, 0.29) is 12.1 Å². The average molecular weight is 364 g/mol. The molecule has 0 aliphatic rings. The van der Waals surface area contributed by atoms with Crippen LogP contribution in [0.1, 0.15) is 17.2 Å². The third-order valence-corrected chi connectivity index (χ3v) is 4.06. The number of hydrogen-bond acceptors (Lipinski definition) is 4. The van der Waals surface area contributed by atoms with Crippen LogP contribution >= 0.6 is 0 Å². The van der Waals surface area contributed by atoms with Gasteiger partial charge in [0.1, 0.15) is 0 Å². The van der Waals surface area contributed by atoms with Crippen molar-refractivity contribution in [2.24, 2.45) is 0 Å². The second-order valence-corrected chi connectivity index (χ2v) is 6.53. The molecule has 0 saturated carbocycles. The molecule has 0 spiro atoms. The normalized spacial score (nSPS) is 12.0. The van der Waals surface area contributed by atoms with Gasteiger partial charge in [0.25, 0.3) is 0 Å². The van der Waals surface area contributed by atoms with E-state index in [1.807, 2.05) is 68.8 Å². The van der Waals surface area contributed by atoms with Gasteiger partial charge in [-0.15, -0.1) is 0 Å². The molecule has 0 radical (unpaired) electrons. The number of nitrogens with zero attached hydrogens (tertiary/aromatic N) is 4. The zero-order valence-corrected chi connectivity index (χ0v) is 15.5. The fourth-order valence-corrected chi connectivity index (χ4v) is 2.78. The Kier molecular flexibility index (Phi) is 6.17. The Labute approximate surface area is 159 Å². The number of pyridine rings is 1. The summed E-state index contributed by atoms with van der Waals surface area (Å²) in [5, 5.41) is 10.1. The Bertz CT molecular complexity index is 848. The number of aromatic nitrogens is 3. The van der Waals surface area contributed by atoms with Crippen LogP contribution in [0.15, 0.2) is 67.1 Å². The minimum atomic E-state index is -0.205. The molecule has 7 nitrogen and oxygen atoms in total. The van der Waals surface area contributed by atoms with Gasteiger partial charge in [-0.2, -0.15) is 5.10 Å². The number of benzene rings is 1. The summed E-state index contributed by atoms with van der Waals surface area (Å²) in [4.78, 5) is 18.8. The number of rotatable bonds is 7. The van der Waals surface area contributed by atoms with Crippen molar-refractivity contribution in [3.8, 4) is 5.82 Å². The molecule has 3 aromatic rings. The molecule has 3 rings (SSSR count). The van der Waals surface area contributed by atoms with E-state index < -0.39 is 0 Å². The molecule has 0 bridgehead atoms. The van der Waals surface area contributed by atoms with E-state index in [1.165, 1.54) is 0 Å². The van der Waals surface area contributed by atoms with Crippen LogP contribution in [0.3, 0.4) is 0 Å². The van der Waals surface area contributed by atoms with Crippen molar-refractivity contribution in [2.75, 3.05) is 20.6 Å². The van der Waals surface area contributed by atoms with Crippen LogP contribution in [0.5, 0.6) is 0 Å². The number of amides is 2. The van der Waals surface area contributed by atoms with Gasteiger partial charge in [-0.1, -0.05) is 30.3 Å². The molecule has 1 aromatic carbocycles. The summed E-state index contributed by atoms with van der Waals surface area (Å²) in [7, 11) is 3.98. The first-order valence-electron chi connectivity index (χ1n) is 8.81. The van der Waals surface area contributed by atoms with Crippen molar-refractivity contribution in [3.63, 3.8) is 0 Å². The first-order valence-corrected chi connectivity index (χ1v) is 8.81. The average Bonchev–Trinajstić information content (AvgIpc) is 3.21. The molecule has 0 aliphatic carbocycles. The van der Waals surface area contributed by atoms with Crippen LogP contribution in [0.2, 0.25) is 0 Å². The van der Waals surface area contributed by atoms with Gasteiger partial charge in [0, 0.05) is 31.7 Å². The quantitative estimate of drug-likeness (QED) is 0.675. The standard InChI is InChI=1S/C20H24N6O/c1-25(2)15-18(17-7-4-3-5-8-17)24-20(27)22-14-16-9-11-21-19(13-16)26-12-6-10-23-26/h3-13,18H,14-15H2,1-2H3,(H2,22,24,27). The highest BCUT2D eigenvalue weighted by atomic mass is 16.2. The first-order chi connectivity index (χ1) is 13.1. The number of likely N-dealkylation sites (N-methyl/N-ethyl adjacent to an activating group) is 1. The highest BCUT2D eigenvalue weighted by Crippen LogP contribution is 2.13. The molecule has 2 aromatic heterocycles. The second kappa shape index (κ2) is 8.95. The van der Waals surface area contributed by atoms with Gasteiger partial charge in [-0.3, -0.25) is 0 Å². The molecular formula is C20H24N6O. The van der Waals surface area contributed by atoms with Crippen LogP contribution in [0.25, 0.3) is 5.82 Å². The van der Waals surface area contributed by atoms with Crippen molar-refractivity contribution >= 4 is 6.03 Å². The SMILES string of the molecule is CN(C)CC(NC(=O)NCc1ccnc(-n2cccn2)c1)c1ccccc1. The molecule has 7 heteroatoms. The summed E-state index contributed by atoms with van der Waals surface area (Å²) in [6.45, 7) is 1.13. The number of carbonyl (C=O) groups excluding carboxylic acids is 1. The molecule has 2 N–H and O–H groups in total. The van der Waals surface area contributed by atoms with Gasteiger partial charge < -0.3 is 15.5 Å². The lowest BCUT2D eigenvalue weighted by Crippen LogP contribution is -2.41. The van der Waals surface area contributed by atoms with Crippen LogP contribution in [-0.4, -0.2) is 46.3 Å². The lowest BCUT2D eigenvalue weighted by Gasteiger charge is -2.23. The smallest absolute Gasteiger partial charge is 0.315 e. The van der Waals surface area contributed by atoms with E-state index in [0.717, 1.165) is 23.5 Å². The second-order valence-electron chi connectivity index (χ2n) is 6.53. The predicted molar refractivity (Wildman–Crippen MR) is 104 cm³/mol. The Morgan fingerprint density at radius 1 is 1.15 bits per heavy atom. The monoisotopic (exact) mass is 364 g/mol. The maximum atomic E-state index is 12.4. The summed E-state index contributed by atoms with van der Waals surface area (Å²) in [5.41, 5.74) is 2.03. The van der Waals surface area contributed by atoms with E-state index in [4.69, 9.17) is 0 Å². The van der Waals surface area contributed by atoms with E-state index in [1.54, 1.807) is 17.1 Å². The minimum Gasteiger partial charge on any atom is -0.334 e. The number of hydrogen-bond donors (Lipinski definition) is 2. The van der Waals surface area contributed by atoms with Crippen molar-refractivity contribution in [2.45, 2.75) is 12.6 Å². The molecule has 140 valence electrons. The van der Waals surface area contributed by atoms with Crippen LogP contribution in [-0.2, 0) is 6.54 Å². The maximum Gasteiger partial charge on any atom is 0.315 e. The zero-order valence-electron chi connectivity index (χ0n) is 15.5. The van der Waals surface area contributed by atoms with Gasteiger partial charge >= 0.3 is 6.03 Å². The molecular weight excluding hydrogens is 340 g/mol. The van der Waals surface area contributed by atoms with Gasteiger partial charge in [-0.25, -0.2) is 14.5 Å². The largest absolute Gasteiger partial charge is 0.334 e. The summed E-state index contributed by atoms with van der Waals surface area (Å²) in [6.07, 6.45) is 5.25. The van der Waals surface area contributed by atoms with Crippen molar-refractivity contribution in [1.29, 1.82) is 0 Å². The third-order valence-electron chi connectivity index (χ3n) is 4.06. The topological polar surface area (TPSA) is 75.1 Å². The Hall–Kier alpha value is -3.19. The van der Waals surface area contributed by atoms with E-state index in [2.05, 4.69) is 25.6 Å². The number of carbonyl (C=O) groups is 1. The molecule has 1 atom stereocenters. The highest BCUT2D eigenvalue weighted by Gasteiger charge is 2.15. The predicted octanol–water partition coefficient (Wildman–Crippen LogP) is 2.37. The molecule has 27 heavy (non-hydrogen) atoms. The van der Waals surface area contributed by atoms with Gasteiger partial charge in [0.05, 0.1) is 6.04 Å². The molecule has 2 heterocycles. The maximum absolute atomic E-state index is 12.4. The van der Waals surface area contributed by atoms with E-state index in [9.17, 15) is 4.79 Å². The lowest BCUT2D eigenvalue weighted by molar-refractivity contribution is 0.232. The summed E-state index contributed by atoms with van der Waals surface area (Å²) in [5.74, 6) is 0.717. The highest BCUT2D eigenvalue weighted by molar-refractivity contribution is 5.74. The van der Waals surface area contributed by atoms with Crippen molar-refractivity contribution < 1.29 is 4.79 Å². The Morgan fingerprint density at radius 2 is 1.96 bits per heavy atom. The minimum absolute atomic E-state index is 0.0849. The molecule has 0 saturated heterocycles. The van der Waals surface area contributed by atoms with Crippen LogP contribution in [0.4, 0.5) is 4.79 Å². The summed E-state index contributed by atoms with van der Waals surface area (Å²) >= 11 is 0. The van der Waals surface area contributed by atoms with Gasteiger partial charge in [-0.05, 0) is 43.4 Å². The van der Waals surface area contributed by atoms with Crippen LogP contribution < -0.4 is 10.6 Å². The van der Waals surface area contributed by atoms with Crippen LogP contribution in [0, 0.1) is 0 Å². The first kappa shape index (κ1) is 18.6. The fraction of sp³-hybridized carbons (Fsp3) is 0.250. The Balaban J connectivity index is 1.60.